The van der Waals surface area contributed by atoms with Gasteiger partial charge in [-0.1, -0.05) is 43.5 Å². The number of alkyl halides is 3. The van der Waals surface area contributed by atoms with E-state index in [1.54, 1.807) is 23.2 Å². The van der Waals surface area contributed by atoms with Crippen LogP contribution in [0.25, 0.3) is 17.0 Å². The molecule has 1 fully saturated rings. The van der Waals surface area contributed by atoms with E-state index in [1.165, 1.54) is 10.5 Å². The number of aliphatic hydroxyl groups is 1. The molecule has 2 aromatic heterocycles. The first kappa shape index (κ1) is 27.0. The molecule has 0 bridgehead atoms. The summed E-state index contributed by atoms with van der Waals surface area (Å²) in [6, 6.07) is 7.78. The van der Waals surface area contributed by atoms with Crippen molar-refractivity contribution >= 4 is 29.1 Å². The van der Waals surface area contributed by atoms with Crippen LogP contribution in [0.3, 0.4) is 0 Å². The summed E-state index contributed by atoms with van der Waals surface area (Å²) in [4.78, 5) is 32.5. The number of aliphatic hydroxyl groups excluding tert-OH is 1. The molecule has 0 spiro atoms. The van der Waals surface area contributed by atoms with Gasteiger partial charge in [-0.2, -0.15) is 13.2 Å². The number of nitrogens with one attached hydrogen (secondary N) is 1. The summed E-state index contributed by atoms with van der Waals surface area (Å²) < 4.78 is 41.4. The van der Waals surface area contributed by atoms with Crippen molar-refractivity contribution in [2.24, 2.45) is 0 Å². The number of unbranched alkanes of at least 4 members (excludes halogenated alkanes) is 2. The fourth-order valence-electron chi connectivity index (χ4n) is 4.56. The fraction of sp³-hybridized carbons (Fsp3) is 0.480. The highest BCUT2D eigenvalue weighted by atomic mass is 35.5. The van der Waals surface area contributed by atoms with Gasteiger partial charge in [0.1, 0.15) is 11.9 Å². The highest BCUT2D eigenvalue weighted by Gasteiger charge is 2.39. The number of nitrogens with zero attached hydrogens (tertiary/aromatic N) is 4. The van der Waals surface area contributed by atoms with Crippen LogP contribution in [-0.4, -0.2) is 56.4 Å². The average molecular weight is 540 g/mol. The van der Waals surface area contributed by atoms with E-state index in [1.807, 2.05) is 16.7 Å². The third-order valence-electron chi connectivity index (χ3n) is 6.52. The number of imidazole rings is 1. The van der Waals surface area contributed by atoms with E-state index in [0.717, 1.165) is 24.8 Å². The smallest absolute Gasteiger partial charge is 0.382 e. The second-order valence-corrected chi connectivity index (χ2v) is 9.59. The molecule has 4 rings (SSSR count). The van der Waals surface area contributed by atoms with Crippen molar-refractivity contribution in [2.75, 3.05) is 18.0 Å². The van der Waals surface area contributed by atoms with Crippen molar-refractivity contribution < 1.29 is 23.1 Å². The van der Waals surface area contributed by atoms with Gasteiger partial charge in [0, 0.05) is 35.9 Å². The lowest BCUT2D eigenvalue weighted by Gasteiger charge is -2.29. The zero-order chi connectivity index (χ0) is 26.7. The number of hydrogen-bond donors (Lipinski definition) is 2. The lowest BCUT2D eigenvalue weighted by atomic mass is 10.2. The maximum absolute atomic E-state index is 13.1. The van der Waals surface area contributed by atoms with E-state index >= 15 is 0 Å². The van der Waals surface area contributed by atoms with Gasteiger partial charge in [-0.3, -0.25) is 18.6 Å². The van der Waals surface area contributed by atoms with Gasteiger partial charge in [-0.25, -0.2) is 4.98 Å². The first-order valence-electron chi connectivity index (χ1n) is 12.3. The van der Waals surface area contributed by atoms with E-state index in [9.17, 15) is 27.9 Å². The summed E-state index contributed by atoms with van der Waals surface area (Å²) in [7, 11) is 0. The Morgan fingerprint density at radius 1 is 1.27 bits per heavy atom. The number of amides is 1. The summed E-state index contributed by atoms with van der Waals surface area (Å²) in [5.41, 5.74) is 1.05. The van der Waals surface area contributed by atoms with Gasteiger partial charge in [-0.15, -0.1) is 0 Å². The van der Waals surface area contributed by atoms with Gasteiger partial charge < -0.3 is 15.3 Å². The van der Waals surface area contributed by atoms with Crippen LogP contribution >= 0.6 is 11.6 Å². The van der Waals surface area contributed by atoms with Crippen molar-refractivity contribution in [1.82, 2.24) is 19.3 Å². The molecule has 12 heteroatoms. The molecule has 200 valence electrons. The van der Waals surface area contributed by atoms with Gasteiger partial charge in [0.25, 0.3) is 5.56 Å². The monoisotopic (exact) mass is 539 g/mol. The number of rotatable bonds is 9. The number of fused-ring (bicyclic) bond motifs is 1. The molecular weight excluding hydrogens is 511 g/mol. The molecule has 37 heavy (non-hydrogen) atoms. The molecule has 0 radical (unpaired) electrons. The highest BCUT2D eigenvalue weighted by molar-refractivity contribution is 6.30. The summed E-state index contributed by atoms with van der Waals surface area (Å²) >= 11 is 6.01. The van der Waals surface area contributed by atoms with Crippen molar-refractivity contribution in [2.45, 2.75) is 63.9 Å². The van der Waals surface area contributed by atoms with Crippen LogP contribution < -0.4 is 15.8 Å². The molecule has 2 N–H and O–H groups in total. The van der Waals surface area contributed by atoms with E-state index in [2.05, 4.69) is 12.2 Å². The van der Waals surface area contributed by atoms with Crippen LogP contribution in [0.5, 0.6) is 0 Å². The molecule has 1 saturated heterocycles. The maximum atomic E-state index is 13.1. The number of halogens is 4. The fourth-order valence-corrected chi connectivity index (χ4v) is 4.69. The molecule has 1 aliphatic rings. The van der Waals surface area contributed by atoms with Crippen LogP contribution in [0, 0.1) is 0 Å². The van der Waals surface area contributed by atoms with Crippen molar-refractivity contribution in [3.05, 3.63) is 51.9 Å². The zero-order valence-corrected chi connectivity index (χ0v) is 21.1. The Morgan fingerprint density at radius 3 is 2.68 bits per heavy atom. The molecule has 1 aliphatic heterocycles. The molecular formula is C25H29ClF3N5O3. The standard InChI is InChI=1S/C25H29ClF3N5O3/c1-2-3-4-11-33-21(32-12-5-6-19(32)23(37)30-14-20(35)25(27,28)29)13-22(36)34-15-18(31-24(33)34)16-7-9-17(26)10-8-16/h7-10,13,15,19-20,35H,2-6,11-12,14H2,1H3,(H,30,37)/t19-,20-/m0/s1. The average Bonchev–Trinajstić information content (AvgIpc) is 3.52. The van der Waals surface area contributed by atoms with Gasteiger partial charge in [-0.05, 0) is 31.4 Å². The third kappa shape index (κ3) is 5.93. The minimum absolute atomic E-state index is 0.331. The van der Waals surface area contributed by atoms with Crippen molar-refractivity contribution in [3.63, 3.8) is 0 Å². The Kier molecular flexibility index (Phi) is 8.13. The molecule has 0 aliphatic carbocycles. The molecule has 3 heterocycles. The SMILES string of the molecule is CCCCCn1c(N2CCC[C@H]2C(=O)NC[C@H](O)C(F)(F)F)cc(=O)n2cc(-c3ccc(Cl)cc3)nc12. The predicted molar refractivity (Wildman–Crippen MR) is 135 cm³/mol. The van der Waals surface area contributed by atoms with Crippen LogP contribution in [0.15, 0.2) is 41.3 Å². The number of aryl methyl sites for hydroxylation is 1. The number of carbonyl (C=O) groups excluding carboxylic acids is 1. The van der Waals surface area contributed by atoms with Gasteiger partial charge in [0.05, 0.1) is 12.2 Å². The zero-order valence-electron chi connectivity index (χ0n) is 20.3. The molecule has 0 saturated carbocycles. The summed E-state index contributed by atoms with van der Waals surface area (Å²) in [5.74, 6) is 0.288. The molecule has 3 aromatic rings. The maximum Gasteiger partial charge on any atom is 0.416 e. The molecule has 1 aromatic carbocycles. The Hall–Kier alpha value is -3.05. The number of aromatic nitrogens is 3. The van der Waals surface area contributed by atoms with Crippen LogP contribution in [0.4, 0.5) is 19.0 Å². The highest BCUT2D eigenvalue weighted by Crippen LogP contribution is 2.28. The number of carbonyl (C=O) groups is 1. The predicted octanol–water partition coefficient (Wildman–Crippen LogP) is 4.01. The van der Waals surface area contributed by atoms with Crippen molar-refractivity contribution in [3.8, 4) is 11.3 Å². The summed E-state index contributed by atoms with van der Waals surface area (Å²) in [6.45, 7) is 2.14. The largest absolute Gasteiger partial charge is 0.416 e. The number of hydrogen-bond acceptors (Lipinski definition) is 5. The minimum atomic E-state index is -4.82. The van der Waals surface area contributed by atoms with Gasteiger partial charge >= 0.3 is 6.18 Å². The Balaban J connectivity index is 1.70. The molecule has 2 atom stereocenters. The van der Waals surface area contributed by atoms with Crippen LogP contribution in [0.2, 0.25) is 5.02 Å². The normalized spacial score (nSPS) is 16.9. The van der Waals surface area contributed by atoms with E-state index in [-0.39, 0.29) is 5.56 Å². The van der Waals surface area contributed by atoms with Crippen LogP contribution in [-0.2, 0) is 11.3 Å². The van der Waals surface area contributed by atoms with E-state index in [0.29, 0.717) is 48.2 Å². The lowest BCUT2D eigenvalue weighted by Crippen LogP contribution is -2.48. The third-order valence-corrected chi connectivity index (χ3v) is 6.77. The number of benzene rings is 1. The van der Waals surface area contributed by atoms with Crippen LogP contribution in [0.1, 0.15) is 39.0 Å². The second-order valence-electron chi connectivity index (χ2n) is 9.16. The minimum Gasteiger partial charge on any atom is -0.382 e. The van der Waals surface area contributed by atoms with Gasteiger partial charge in [0.15, 0.2) is 6.10 Å². The Labute approximate surface area is 216 Å². The summed E-state index contributed by atoms with van der Waals surface area (Å²) in [5, 5.41) is 12.1. The molecule has 8 nitrogen and oxygen atoms in total. The lowest BCUT2D eigenvalue weighted by molar-refractivity contribution is -0.201. The molecule has 0 unspecified atom stereocenters. The first-order valence-corrected chi connectivity index (χ1v) is 12.7. The Morgan fingerprint density at radius 2 is 2.00 bits per heavy atom. The molecule has 1 amide bonds. The summed E-state index contributed by atoms with van der Waals surface area (Å²) in [6.07, 6.45) is -2.04. The second kappa shape index (κ2) is 11.1. The quantitative estimate of drug-likeness (QED) is 0.401. The first-order chi connectivity index (χ1) is 17.6. The number of anilines is 1. The van der Waals surface area contributed by atoms with Gasteiger partial charge in [0.2, 0.25) is 11.7 Å². The van der Waals surface area contributed by atoms with E-state index in [4.69, 9.17) is 16.6 Å². The van der Waals surface area contributed by atoms with E-state index < -0.39 is 30.8 Å². The Bertz CT molecular complexity index is 1310. The topological polar surface area (TPSA) is 91.9 Å². The van der Waals surface area contributed by atoms with Crippen molar-refractivity contribution in [1.29, 1.82) is 0 Å².